The Kier molecular flexibility index (Phi) is 3.17. The lowest BCUT2D eigenvalue weighted by Crippen LogP contribution is -1.97. The van der Waals surface area contributed by atoms with E-state index in [4.69, 9.17) is 4.74 Å². The molecule has 0 fully saturated rings. The Labute approximate surface area is 121 Å². The zero-order chi connectivity index (χ0) is 15.0. The molecule has 106 valence electrons. The van der Waals surface area contributed by atoms with Gasteiger partial charge in [-0.05, 0) is 29.7 Å². The van der Waals surface area contributed by atoms with Gasteiger partial charge in [0.1, 0.15) is 5.75 Å². The Morgan fingerprint density at radius 1 is 1.10 bits per heavy atom. The smallest absolute Gasteiger partial charge is 0.280 e. The molecule has 1 aliphatic carbocycles. The molecule has 0 saturated heterocycles. The summed E-state index contributed by atoms with van der Waals surface area (Å²) < 4.78 is 5.05. The van der Waals surface area contributed by atoms with E-state index in [0.717, 1.165) is 11.1 Å². The monoisotopic (exact) mass is 283 g/mol. The predicted molar refractivity (Wildman–Crippen MR) is 77.7 cm³/mol. The maximum atomic E-state index is 11.8. The van der Waals surface area contributed by atoms with Gasteiger partial charge in [0.25, 0.3) is 5.69 Å². The van der Waals surface area contributed by atoms with Crippen LogP contribution >= 0.6 is 0 Å². The number of methoxy groups -OCH3 is 1. The van der Waals surface area contributed by atoms with Crippen LogP contribution in [-0.4, -0.2) is 17.8 Å². The Hall–Kier alpha value is -2.69. The number of carbonyl (C=O) groups excluding carboxylic acids is 1. The number of fused-ring (bicyclic) bond motifs is 1. The minimum Gasteiger partial charge on any atom is -0.497 e. The second-order valence-electron chi connectivity index (χ2n) is 4.90. The normalized spacial score (nSPS) is 13.1. The quantitative estimate of drug-likeness (QED) is 0.639. The van der Waals surface area contributed by atoms with E-state index >= 15 is 0 Å². The highest BCUT2D eigenvalue weighted by atomic mass is 16.6. The number of carbonyl (C=O) groups is 1. The van der Waals surface area contributed by atoms with Crippen LogP contribution < -0.4 is 4.74 Å². The van der Waals surface area contributed by atoms with Crippen molar-refractivity contribution >= 4 is 11.5 Å². The van der Waals surface area contributed by atoms with Gasteiger partial charge in [-0.1, -0.05) is 18.2 Å². The summed E-state index contributed by atoms with van der Waals surface area (Å²) in [4.78, 5) is 22.7. The molecule has 3 rings (SSSR count). The van der Waals surface area contributed by atoms with Crippen LogP contribution in [0.25, 0.3) is 11.1 Å². The van der Waals surface area contributed by atoms with E-state index in [0.29, 0.717) is 29.7 Å². The molecule has 2 aromatic rings. The standard InChI is InChI=1S/C16H13NO4/c1-21-10-5-6-13(15(9-10)17(19)20)11-3-2-4-14-12(11)7-8-16(14)18/h2-6,9H,7-8H2,1H3. The second kappa shape index (κ2) is 5.01. The average Bonchev–Trinajstić information content (AvgIpc) is 2.88. The van der Waals surface area contributed by atoms with Crippen molar-refractivity contribution in [3.8, 4) is 16.9 Å². The van der Waals surface area contributed by atoms with Crippen LogP contribution in [0.15, 0.2) is 36.4 Å². The van der Waals surface area contributed by atoms with Crippen molar-refractivity contribution in [1.29, 1.82) is 0 Å². The number of ketones is 1. The summed E-state index contributed by atoms with van der Waals surface area (Å²) in [6.45, 7) is 0. The Bertz CT molecular complexity index is 752. The van der Waals surface area contributed by atoms with Crippen molar-refractivity contribution < 1.29 is 14.5 Å². The van der Waals surface area contributed by atoms with Gasteiger partial charge in [0.2, 0.25) is 0 Å². The molecule has 0 radical (unpaired) electrons. The zero-order valence-corrected chi connectivity index (χ0v) is 11.5. The SMILES string of the molecule is COc1ccc(-c2cccc3c2CCC3=O)c([N+](=O)[O-])c1. The Balaban J connectivity index is 2.22. The molecule has 0 N–H and O–H groups in total. The predicted octanol–water partition coefficient (Wildman–Crippen LogP) is 3.40. The number of nitro benzene ring substituents is 1. The number of hydrogen-bond donors (Lipinski definition) is 0. The van der Waals surface area contributed by atoms with Crippen LogP contribution in [0.3, 0.4) is 0 Å². The topological polar surface area (TPSA) is 69.4 Å². The molecule has 0 spiro atoms. The fraction of sp³-hybridized carbons (Fsp3) is 0.188. The van der Waals surface area contributed by atoms with Crippen LogP contribution in [-0.2, 0) is 6.42 Å². The third-order valence-corrected chi connectivity index (χ3v) is 3.77. The van der Waals surface area contributed by atoms with Crippen molar-refractivity contribution in [2.45, 2.75) is 12.8 Å². The molecule has 0 saturated carbocycles. The third-order valence-electron chi connectivity index (χ3n) is 3.77. The van der Waals surface area contributed by atoms with Gasteiger partial charge in [0.05, 0.1) is 23.7 Å². The lowest BCUT2D eigenvalue weighted by atomic mass is 9.95. The fourth-order valence-corrected chi connectivity index (χ4v) is 2.76. The molecule has 0 aliphatic heterocycles. The van der Waals surface area contributed by atoms with Crippen molar-refractivity contribution in [2.75, 3.05) is 7.11 Å². The first-order valence-electron chi connectivity index (χ1n) is 6.59. The number of Topliss-reactive ketones (excluding diaryl/α,β-unsaturated/α-hetero) is 1. The van der Waals surface area contributed by atoms with Crippen molar-refractivity contribution in [3.63, 3.8) is 0 Å². The molecular formula is C16H13NO4. The van der Waals surface area contributed by atoms with Gasteiger partial charge < -0.3 is 4.74 Å². The lowest BCUT2D eigenvalue weighted by molar-refractivity contribution is -0.384. The van der Waals surface area contributed by atoms with E-state index in [2.05, 4.69) is 0 Å². The van der Waals surface area contributed by atoms with Gasteiger partial charge in [0.15, 0.2) is 5.78 Å². The molecule has 21 heavy (non-hydrogen) atoms. The zero-order valence-electron chi connectivity index (χ0n) is 11.5. The first-order valence-corrected chi connectivity index (χ1v) is 6.59. The summed E-state index contributed by atoms with van der Waals surface area (Å²) in [5.41, 5.74) is 2.84. The molecule has 2 aromatic carbocycles. The van der Waals surface area contributed by atoms with Gasteiger partial charge in [-0.2, -0.15) is 0 Å². The van der Waals surface area contributed by atoms with E-state index in [-0.39, 0.29) is 11.5 Å². The van der Waals surface area contributed by atoms with Crippen molar-refractivity contribution in [1.82, 2.24) is 0 Å². The maximum absolute atomic E-state index is 11.8. The Morgan fingerprint density at radius 3 is 2.57 bits per heavy atom. The summed E-state index contributed by atoms with van der Waals surface area (Å²) in [7, 11) is 1.47. The molecule has 0 unspecified atom stereocenters. The van der Waals surface area contributed by atoms with Gasteiger partial charge >= 0.3 is 0 Å². The lowest BCUT2D eigenvalue weighted by Gasteiger charge is -2.09. The molecule has 0 bridgehead atoms. The first kappa shape index (κ1) is 13.3. The molecule has 0 atom stereocenters. The summed E-state index contributed by atoms with van der Waals surface area (Å²) in [5.74, 6) is 0.539. The highest BCUT2D eigenvalue weighted by Crippen LogP contribution is 2.38. The highest BCUT2D eigenvalue weighted by molar-refractivity contribution is 6.02. The number of benzene rings is 2. The van der Waals surface area contributed by atoms with Crippen LogP contribution in [0.4, 0.5) is 5.69 Å². The van der Waals surface area contributed by atoms with Crippen molar-refractivity contribution in [3.05, 3.63) is 57.6 Å². The molecular weight excluding hydrogens is 270 g/mol. The van der Waals surface area contributed by atoms with Gasteiger partial charge in [0, 0.05) is 12.0 Å². The van der Waals surface area contributed by atoms with E-state index in [1.165, 1.54) is 13.2 Å². The van der Waals surface area contributed by atoms with Gasteiger partial charge in [-0.3, -0.25) is 14.9 Å². The minimum absolute atomic E-state index is 0.0119. The van der Waals surface area contributed by atoms with Gasteiger partial charge in [-0.15, -0.1) is 0 Å². The molecule has 5 nitrogen and oxygen atoms in total. The number of ether oxygens (including phenoxy) is 1. The minimum atomic E-state index is -0.423. The largest absolute Gasteiger partial charge is 0.497 e. The highest BCUT2D eigenvalue weighted by Gasteiger charge is 2.25. The van der Waals surface area contributed by atoms with Gasteiger partial charge in [-0.25, -0.2) is 0 Å². The first-order chi connectivity index (χ1) is 10.1. The van der Waals surface area contributed by atoms with Crippen LogP contribution in [0.5, 0.6) is 5.75 Å². The second-order valence-corrected chi connectivity index (χ2v) is 4.90. The Morgan fingerprint density at radius 2 is 1.86 bits per heavy atom. The van der Waals surface area contributed by atoms with E-state index in [9.17, 15) is 14.9 Å². The van der Waals surface area contributed by atoms with E-state index in [1.54, 1.807) is 24.3 Å². The fourth-order valence-electron chi connectivity index (χ4n) is 2.76. The molecule has 0 amide bonds. The maximum Gasteiger partial charge on any atom is 0.280 e. The van der Waals surface area contributed by atoms with Crippen molar-refractivity contribution in [2.24, 2.45) is 0 Å². The number of nitro groups is 1. The third kappa shape index (κ3) is 2.16. The number of nitrogens with zero attached hydrogens (tertiary/aromatic N) is 1. The summed E-state index contributed by atoms with van der Waals surface area (Å²) in [5, 5.41) is 11.3. The summed E-state index contributed by atoms with van der Waals surface area (Å²) >= 11 is 0. The summed E-state index contributed by atoms with van der Waals surface area (Å²) in [6, 6.07) is 10.2. The molecule has 5 heteroatoms. The van der Waals surface area contributed by atoms with E-state index in [1.807, 2.05) is 6.07 Å². The van der Waals surface area contributed by atoms with Crippen LogP contribution in [0, 0.1) is 10.1 Å². The van der Waals surface area contributed by atoms with E-state index < -0.39 is 4.92 Å². The van der Waals surface area contributed by atoms with Crippen LogP contribution in [0.1, 0.15) is 22.3 Å². The number of rotatable bonds is 3. The molecule has 0 aromatic heterocycles. The average molecular weight is 283 g/mol. The summed E-state index contributed by atoms with van der Waals surface area (Å²) in [6.07, 6.45) is 1.10. The number of hydrogen-bond acceptors (Lipinski definition) is 4. The molecule has 1 aliphatic rings. The van der Waals surface area contributed by atoms with Crippen LogP contribution in [0.2, 0.25) is 0 Å². The molecule has 0 heterocycles.